The first-order valence-electron chi connectivity index (χ1n) is 13.0. The number of nitrogens with one attached hydrogen (secondary N) is 1. The lowest BCUT2D eigenvalue weighted by atomic mass is 10.2. The van der Waals surface area contributed by atoms with Crippen molar-refractivity contribution in [2.45, 2.75) is 30.2 Å². The maximum absolute atomic E-state index is 13.1. The highest BCUT2D eigenvalue weighted by atomic mass is 35.5. The summed E-state index contributed by atoms with van der Waals surface area (Å²) in [6.45, 7) is 4.35. The maximum Gasteiger partial charge on any atom is 0.243 e. The highest BCUT2D eigenvalue weighted by Crippen LogP contribution is 2.32. The van der Waals surface area contributed by atoms with E-state index < -0.39 is 20.0 Å². The predicted molar refractivity (Wildman–Crippen MR) is 179 cm³/mol. The molecule has 3 aromatic carbocycles. The minimum atomic E-state index is -3.72. The summed E-state index contributed by atoms with van der Waals surface area (Å²) in [5, 5.41) is 4.19. The highest BCUT2D eigenvalue weighted by Gasteiger charge is 2.24. The summed E-state index contributed by atoms with van der Waals surface area (Å²) in [5.74, 6) is 0. The van der Waals surface area contributed by atoms with Gasteiger partial charge in [-0.15, -0.1) is 0 Å². The Kier molecular flexibility index (Phi) is 11.4. The van der Waals surface area contributed by atoms with Gasteiger partial charge in [0.25, 0.3) is 0 Å². The zero-order valence-electron chi connectivity index (χ0n) is 23.2. The smallest absolute Gasteiger partial charge is 0.242 e. The van der Waals surface area contributed by atoms with Crippen molar-refractivity contribution < 1.29 is 16.8 Å². The fourth-order valence-corrected chi connectivity index (χ4v) is 7.85. The molecule has 232 valence electrons. The Balaban J connectivity index is 0.000000215. The number of rotatable bonds is 8. The van der Waals surface area contributed by atoms with E-state index in [1.54, 1.807) is 44.2 Å². The summed E-state index contributed by atoms with van der Waals surface area (Å²) in [6, 6.07) is 16.4. The molecule has 5 rings (SSSR count). The first-order valence-corrected chi connectivity index (χ1v) is 17.8. The average molecular weight is 735 g/mol. The number of aromatic nitrogens is 2. The van der Waals surface area contributed by atoms with Crippen molar-refractivity contribution in [2.24, 2.45) is 0 Å². The van der Waals surface area contributed by atoms with Crippen molar-refractivity contribution in [3.63, 3.8) is 0 Å². The second kappa shape index (κ2) is 14.5. The molecule has 0 spiro atoms. The first kappa shape index (κ1) is 34.6. The van der Waals surface area contributed by atoms with Gasteiger partial charge in [0, 0.05) is 58.6 Å². The van der Waals surface area contributed by atoms with Gasteiger partial charge < -0.3 is 0 Å². The minimum absolute atomic E-state index is 0.139. The zero-order chi connectivity index (χ0) is 32.2. The minimum Gasteiger partial charge on any atom is -0.242 e. The van der Waals surface area contributed by atoms with Gasteiger partial charge in [0.2, 0.25) is 20.0 Å². The molecule has 5 aromatic rings. The first-order chi connectivity index (χ1) is 20.8. The number of halogens is 5. The van der Waals surface area contributed by atoms with Crippen LogP contribution in [0.1, 0.15) is 19.4 Å². The molecule has 2 heterocycles. The van der Waals surface area contributed by atoms with E-state index in [4.69, 9.17) is 58.0 Å². The predicted octanol–water partition coefficient (Wildman–Crippen LogP) is 8.25. The van der Waals surface area contributed by atoms with E-state index in [9.17, 15) is 16.8 Å². The van der Waals surface area contributed by atoms with Crippen molar-refractivity contribution in [1.82, 2.24) is 19.0 Å². The van der Waals surface area contributed by atoms with E-state index in [1.165, 1.54) is 41.0 Å². The molecule has 8 nitrogen and oxygen atoms in total. The molecule has 0 radical (unpaired) electrons. The van der Waals surface area contributed by atoms with Crippen LogP contribution in [0.4, 0.5) is 0 Å². The Morgan fingerprint density at radius 1 is 0.705 bits per heavy atom. The van der Waals surface area contributed by atoms with Crippen molar-refractivity contribution in [3.05, 3.63) is 104 Å². The van der Waals surface area contributed by atoms with Crippen molar-refractivity contribution in [1.29, 1.82) is 0 Å². The van der Waals surface area contributed by atoms with Crippen LogP contribution in [0.5, 0.6) is 0 Å². The van der Waals surface area contributed by atoms with Gasteiger partial charge in [0.05, 0.1) is 19.8 Å². The SMILES string of the molecule is CCN(Cc1cccc(Cl)c1)S(=O)(=O)c1ccc2c(Cl)cnc(Cl)c2c1.CCNS(=O)(=O)c1ccc2c(Cl)cnc(Cl)c2c1. The van der Waals surface area contributed by atoms with Crippen molar-refractivity contribution in [3.8, 4) is 0 Å². The Morgan fingerprint density at radius 3 is 1.77 bits per heavy atom. The summed E-state index contributed by atoms with van der Waals surface area (Å²) in [5.41, 5.74) is 0.812. The fourth-order valence-electron chi connectivity index (χ4n) is 4.27. The number of hydrogen-bond donors (Lipinski definition) is 1. The molecule has 15 heteroatoms. The van der Waals surface area contributed by atoms with Gasteiger partial charge in [-0.05, 0) is 42.0 Å². The molecule has 1 N–H and O–H groups in total. The molecule has 2 aromatic heterocycles. The molecule has 0 aliphatic carbocycles. The van der Waals surface area contributed by atoms with Crippen LogP contribution in [-0.2, 0) is 26.6 Å². The monoisotopic (exact) mass is 732 g/mol. The van der Waals surface area contributed by atoms with E-state index in [1.807, 2.05) is 6.07 Å². The van der Waals surface area contributed by atoms with Gasteiger partial charge in [-0.25, -0.2) is 31.5 Å². The van der Waals surface area contributed by atoms with E-state index in [0.717, 1.165) is 5.56 Å². The van der Waals surface area contributed by atoms with Gasteiger partial charge in [-0.3, -0.25) is 0 Å². The molecule has 0 amide bonds. The van der Waals surface area contributed by atoms with Gasteiger partial charge in [0.1, 0.15) is 10.3 Å². The van der Waals surface area contributed by atoms with E-state index >= 15 is 0 Å². The highest BCUT2D eigenvalue weighted by molar-refractivity contribution is 7.89. The van der Waals surface area contributed by atoms with E-state index in [0.29, 0.717) is 49.7 Å². The quantitative estimate of drug-likeness (QED) is 0.161. The average Bonchev–Trinajstić information content (AvgIpc) is 2.99. The number of sulfonamides is 2. The van der Waals surface area contributed by atoms with Gasteiger partial charge in [0.15, 0.2) is 0 Å². The molecule has 0 aliphatic rings. The normalized spacial score (nSPS) is 12.0. The van der Waals surface area contributed by atoms with Gasteiger partial charge >= 0.3 is 0 Å². The molecule has 0 saturated heterocycles. The van der Waals surface area contributed by atoms with Crippen LogP contribution in [-0.4, -0.2) is 44.2 Å². The van der Waals surface area contributed by atoms with Crippen LogP contribution in [0, 0.1) is 0 Å². The Labute approximate surface area is 281 Å². The Bertz CT molecular complexity index is 2060. The number of benzene rings is 3. The molecular formula is C29H25Cl5N4O4S2. The summed E-state index contributed by atoms with van der Waals surface area (Å²) >= 11 is 30.1. The summed E-state index contributed by atoms with van der Waals surface area (Å²) in [6.07, 6.45) is 2.88. The number of hydrogen-bond acceptors (Lipinski definition) is 6. The Hall–Kier alpha value is -2.25. The third-order valence-corrected chi connectivity index (χ3v) is 11.3. The Morgan fingerprint density at radius 2 is 1.25 bits per heavy atom. The zero-order valence-corrected chi connectivity index (χ0v) is 28.6. The van der Waals surface area contributed by atoms with Gasteiger partial charge in [-0.1, -0.05) is 96.1 Å². The number of pyridine rings is 2. The number of nitrogens with zero attached hydrogens (tertiary/aromatic N) is 3. The summed E-state index contributed by atoms with van der Waals surface area (Å²) < 4.78 is 53.7. The van der Waals surface area contributed by atoms with Crippen LogP contribution < -0.4 is 4.72 Å². The third-order valence-electron chi connectivity index (χ3n) is 6.41. The van der Waals surface area contributed by atoms with Crippen LogP contribution in [0.3, 0.4) is 0 Å². The van der Waals surface area contributed by atoms with Crippen LogP contribution in [0.2, 0.25) is 25.4 Å². The molecule has 0 unspecified atom stereocenters. The number of fused-ring (bicyclic) bond motifs is 2. The van der Waals surface area contributed by atoms with Crippen molar-refractivity contribution in [2.75, 3.05) is 13.1 Å². The van der Waals surface area contributed by atoms with Crippen LogP contribution in [0.25, 0.3) is 21.5 Å². The maximum atomic E-state index is 13.1. The van der Waals surface area contributed by atoms with E-state index in [-0.39, 0.29) is 26.6 Å². The fraction of sp³-hybridized carbons (Fsp3) is 0.172. The second-order valence-corrected chi connectivity index (χ2v) is 14.9. The van der Waals surface area contributed by atoms with Crippen LogP contribution >= 0.6 is 58.0 Å². The lowest BCUT2D eigenvalue weighted by Crippen LogP contribution is -2.30. The molecule has 44 heavy (non-hydrogen) atoms. The lowest BCUT2D eigenvalue weighted by Gasteiger charge is -2.21. The van der Waals surface area contributed by atoms with E-state index in [2.05, 4.69) is 14.7 Å². The molecular weight excluding hydrogens is 710 g/mol. The molecule has 0 bridgehead atoms. The van der Waals surface area contributed by atoms with Gasteiger partial charge in [-0.2, -0.15) is 4.31 Å². The third kappa shape index (κ3) is 7.75. The second-order valence-electron chi connectivity index (χ2n) is 9.27. The molecule has 0 saturated carbocycles. The summed E-state index contributed by atoms with van der Waals surface area (Å²) in [7, 11) is -7.23. The summed E-state index contributed by atoms with van der Waals surface area (Å²) in [4.78, 5) is 8.16. The lowest BCUT2D eigenvalue weighted by molar-refractivity contribution is 0.423. The van der Waals surface area contributed by atoms with Crippen molar-refractivity contribution >= 4 is 99.6 Å². The largest absolute Gasteiger partial charge is 0.243 e. The van der Waals surface area contributed by atoms with Crippen LogP contribution in [0.15, 0.2) is 82.8 Å². The molecule has 0 aliphatic heterocycles. The standard InChI is InChI=1S/C18H15Cl3N2O2S.C11H10Cl2N2O2S/c1-2-23(11-12-4-3-5-13(19)8-12)26(24,25)14-6-7-15-16(9-14)18(21)22-10-17(15)20;1-2-15-18(16,17)7-3-4-8-9(5-7)11(13)14-6-10(8)12/h3-10H,2,11H2,1H3;3-6,15H,2H2,1H3. The topological polar surface area (TPSA) is 109 Å². The molecule has 0 atom stereocenters. The molecule has 0 fully saturated rings.